The van der Waals surface area contributed by atoms with Crippen molar-refractivity contribution in [3.63, 3.8) is 0 Å². The number of ether oxygens (including phenoxy) is 1. The van der Waals surface area contributed by atoms with Crippen LogP contribution in [-0.4, -0.2) is 32.9 Å². The van der Waals surface area contributed by atoms with Crippen molar-refractivity contribution in [2.75, 3.05) is 19.5 Å². The molecule has 3 aromatic rings. The number of rotatable bonds is 10. The van der Waals surface area contributed by atoms with Gasteiger partial charge in [0.2, 0.25) is 5.88 Å². The highest BCUT2D eigenvalue weighted by Crippen LogP contribution is 2.28. The largest absolute Gasteiger partial charge is 0.478 e. The third-order valence-corrected chi connectivity index (χ3v) is 4.91. The summed E-state index contributed by atoms with van der Waals surface area (Å²) >= 11 is 0. The normalized spacial score (nSPS) is 11.3. The third-order valence-electron chi connectivity index (χ3n) is 4.31. The topological polar surface area (TPSA) is 65.5 Å². The van der Waals surface area contributed by atoms with E-state index in [1.165, 1.54) is 0 Å². The number of aromatic nitrogens is 1. The average Bonchev–Trinajstić information content (AvgIpc) is 2.73. The molecule has 2 aromatic carbocycles. The van der Waals surface area contributed by atoms with Gasteiger partial charge in [0.15, 0.2) is 0 Å². The second-order valence-electron chi connectivity index (χ2n) is 6.75. The van der Waals surface area contributed by atoms with E-state index in [1.54, 1.807) is 0 Å². The van der Waals surface area contributed by atoms with E-state index in [-0.39, 0.29) is 6.61 Å². The molecule has 5 nitrogen and oxygen atoms in total. The Balaban J connectivity index is 1.66. The lowest BCUT2D eigenvalue weighted by Gasteiger charge is -2.11. The molecular weight excluding hydrogens is 386 g/mol. The van der Waals surface area contributed by atoms with Crippen molar-refractivity contribution in [1.29, 1.82) is 0 Å². The fraction of sp³-hybridized carbons (Fsp3) is 0.261. The van der Waals surface area contributed by atoms with E-state index in [0.29, 0.717) is 18.9 Å². The predicted octanol–water partition coefficient (Wildman–Crippen LogP) is 4.94. The summed E-state index contributed by atoms with van der Waals surface area (Å²) in [6.45, 7) is 0.719. The summed E-state index contributed by atoms with van der Waals surface area (Å²) < 4.78 is 32.5. The lowest BCUT2D eigenvalue weighted by Crippen LogP contribution is -2.05. The first-order valence-electron chi connectivity index (χ1n) is 9.61. The zero-order chi connectivity index (χ0) is 20.5. The standard InChI is InChI=1S/C23H25NO4S/c1-29(25,26)28-16-10-4-9-15-27-23-18-21(19-11-5-2-6-12-19)17-22(24-23)20-13-7-3-8-14-20/h2-3,5-8,11-14,17-18H,4,9-10,15-16H2,1H3. The molecule has 152 valence electrons. The maximum Gasteiger partial charge on any atom is 0.264 e. The van der Waals surface area contributed by atoms with E-state index in [4.69, 9.17) is 8.92 Å². The highest BCUT2D eigenvalue weighted by molar-refractivity contribution is 7.85. The molecule has 3 rings (SSSR count). The van der Waals surface area contributed by atoms with Crippen LogP contribution < -0.4 is 4.74 Å². The highest BCUT2D eigenvalue weighted by Gasteiger charge is 2.08. The van der Waals surface area contributed by atoms with Crippen LogP contribution in [0.15, 0.2) is 72.8 Å². The van der Waals surface area contributed by atoms with Crippen LogP contribution in [0.5, 0.6) is 5.88 Å². The second-order valence-corrected chi connectivity index (χ2v) is 8.39. The fourth-order valence-corrected chi connectivity index (χ4v) is 3.32. The van der Waals surface area contributed by atoms with Gasteiger partial charge in [-0.3, -0.25) is 4.18 Å². The summed E-state index contributed by atoms with van der Waals surface area (Å²) in [5.74, 6) is 0.581. The number of nitrogens with zero attached hydrogens (tertiary/aromatic N) is 1. The maximum absolute atomic E-state index is 10.9. The van der Waals surface area contributed by atoms with Gasteiger partial charge in [0.05, 0.1) is 25.2 Å². The minimum Gasteiger partial charge on any atom is -0.478 e. The zero-order valence-electron chi connectivity index (χ0n) is 16.5. The number of hydrogen-bond donors (Lipinski definition) is 0. The minimum absolute atomic E-state index is 0.207. The monoisotopic (exact) mass is 411 g/mol. The molecule has 0 fully saturated rings. The molecule has 1 aromatic heterocycles. The average molecular weight is 412 g/mol. The van der Waals surface area contributed by atoms with Crippen molar-refractivity contribution in [1.82, 2.24) is 4.98 Å². The second kappa shape index (κ2) is 10.2. The van der Waals surface area contributed by atoms with E-state index in [1.807, 2.05) is 54.6 Å². The molecule has 0 N–H and O–H groups in total. The molecule has 0 saturated heterocycles. The minimum atomic E-state index is -3.36. The molecule has 1 heterocycles. The van der Waals surface area contributed by atoms with Crippen molar-refractivity contribution in [2.24, 2.45) is 0 Å². The van der Waals surface area contributed by atoms with Gasteiger partial charge in [-0.25, -0.2) is 4.98 Å². The Labute approximate surface area is 172 Å². The Morgan fingerprint density at radius 2 is 1.38 bits per heavy atom. The van der Waals surface area contributed by atoms with Gasteiger partial charge in [-0.15, -0.1) is 0 Å². The predicted molar refractivity (Wildman–Crippen MR) is 115 cm³/mol. The molecule has 0 atom stereocenters. The summed E-state index contributed by atoms with van der Waals surface area (Å²) in [5, 5.41) is 0. The Morgan fingerprint density at radius 1 is 0.759 bits per heavy atom. The van der Waals surface area contributed by atoms with Gasteiger partial charge in [0.25, 0.3) is 10.1 Å². The van der Waals surface area contributed by atoms with Crippen LogP contribution in [0.1, 0.15) is 19.3 Å². The van der Waals surface area contributed by atoms with E-state index < -0.39 is 10.1 Å². The smallest absolute Gasteiger partial charge is 0.264 e. The molecule has 0 bridgehead atoms. The third kappa shape index (κ3) is 7.00. The first-order chi connectivity index (χ1) is 14.0. The molecule has 0 unspecified atom stereocenters. The quantitative estimate of drug-likeness (QED) is 0.349. The summed E-state index contributed by atoms with van der Waals surface area (Å²) in [6, 6.07) is 24.2. The van der Waals surface area contributed by atoms with Crippen LogP contribution in [0.2, 0.25) is 0 Å². The van der Waals surface area contributed by atoms with Gasteiger partial charge in [0.1, 0.15) is 0 Å². The van der Waals surface area contributed by atoms with Crippen molar-refractivity contribution in [3.05, 3.63) is 72.8 Å². The van der Waals surface area contributed by atoms with Crippen LogP contribution in [-0.2, 0) is 14.3 Å². The molecule has 0 aliphatic carbocycles. The van der Waals surface area contributed by atoms with Crippen LogP contribution >= 0.6 is 0 Å². The summed E-state index contributed by atoms with van der Waals surface area (Å²) in [6.07, 6.45) is 3.35. The molecule has 0 radical (unpaired) electrons. The van der Waals surface area contributed by atoms with Crippen molar-refractivity contribution < 1.29 is 17.3 Å². The zero-order valence-corrected chi connectivity index (χ0v) is 17.3. The molecule has 0 spiro atoms. The van der Waals surface area contributed by atoms with Gasteiger partial charge in [-0.2, -0.15) is 8.42 Å². The number of unbranched alkanes of at least 4 members (excludes halogenated alkanes) is 2. The molecule has 29 heavy (non-hydrogen) atoms. The van der Waals surface area contributed by atoms with Crippen molar-refractivity contribution >= 4 is 10.1 Å². The molecule has 0 aliphatic heterocycles. The highest BCUT2D eigenvalue weighted by atomic mass is 32.2. The summed E-state index contributed by atoms with van der Waals surface area (Å²) in [7, 11) is -3.36. The molecule has 0 aliphatic rings. The first-order valence-corrected chi connectivity index (χ1v) is 11.4. The van der Waals surface area contributed by atoms with Crippen molar-refractivity contribution in [2.45, 2.75) is 19.3 Å². The first kappa shape index (κ1) is 21.0. The number of pyridine rings is 1. The van der Waals surface area contributed by atoms with Gasteiger partial charge in [-0.1, -0.05) is 60.7 Å². The van der Waals surface area contributed by atoms with Gasteiger partial charge >= 0.3 is 0 Å². The van der Waals surface area contributed by atoms with E-state index in [9.17, 15) is 8.42 Å². The van der Waals surface area contributed by atoms with E-state index in [0.717, 1.165) is 41.5 Å². The Morgan fingerprint density at radius 3 is 2.03 bits per heavy atom. The lowest BCUT2D eigenvalue weighted by molar-refractivity contribution is 0.277. The Hall–Kier alpha value is -2.70. The van der Waals surface area contributed by atoms with E-state index >= 15 is 0 Å². The maximum atomic E-state index is 10.9. The Kier molecular flexibility index (Phi) is 7.38. The van der Waals surface area contributed by atoms with Crippen molar-refractivity contribution in [3.8, 4) is 28.3 Å². The van der Waals surface area contributed by atoms with Gasteiger partial charge < -0.3 is 4.74 Å². The van der Waals surface area contributed by atoms with Crippen LogP contribution in [0.3, 0.4) is 0 Å². The Bertz CT molecular complexity index is 948. The summed E-state index contributed by atoms with van der Waals surface area (Å²) in [5.41, 5.74) is 4.06. The van der Waals surface area contributed by atoms with Crippen LogP contribution in [0.25, 0.3) is 22.4 Å². The van der Waals surface area contributed by atoms with Crippen LogP contribution in [0, 0.1) is 0 Å². The molecular formula is C23H25NO4S. The molecule has 0 saturated carbocycles. The molecule has 6 heteroatoms. The summed E-state index contributed by atoms with van der Waals surface area (Å²) in [4.78, 5) is 4.67. The van der Waals surface area contributed by atoms with Gasteiger partial charge in [0, 0.05) is 11.6 Å². The number of hydrogen-bond acceptors (Lipinski definition) is 5. The number of benzene rings is 2. The lowest BCUT2D eigenvalue weighted by atomic mass is 10.0. The van der Waals surface area contributed by atoms with Gasteiger partial charge in [-0.05, 0) is 36.5 Å². The SMILES string of the molecule is CS(=O)(=O)OCCCCCOc1cc(-c2ccccc2)cc(-c2ccccc2)n1. The van der Waals surface area contributed by atoms with E-state index in [2.05, 4.69) is 23.2 Å². The van der Waals surface area contributed by atoms with Crippen LogP contribution in [0.4, 0.5) is 0 Å². The fourth-order valence-electron chi connectivity index (χ4n) is 2.90. The molecule has 0 amide bonds.